The van der Waals surface area contributed by atoms with Crippen LogP contribution in [0.5, 0.6) is 0 Å². The molecule has 2 heterocycles. The van der Waals surface area contributed by atoms with Gasteiger partial charge in [0, 0.05) is 22.0 Å². The second-order valence-electron chi connectivity index (χ2n) is 7.29. The number of aromatic amines is 1. The first-order valence-electron chi connectivity index (χ1n) is 9.61. The number of fused-ring (bicyclic) bond motifs is 1. The summed E-state index contributed by atoms with van der Waals surface area (Å²) >= 11 is 1.40. The monoisotopic (exact) mass is 408 g/mol. The molecule has 0 amide bonds. The standard InChI is InChI=1S/C26H17FN2S/c1-16-5-7-17(8-6-16)18-3-2-4-19(13-18)26-25(21-11-12-30-24(21)15-28)22-14-20(27)9-10-23(22)29-26/h2-14,29H,1H3. The third kappa shape index (κ3) is 3.10. The lowest BCUT2D eigenvalue weighted by Crippen LogP contribution is -1.85. The number of aromatic nitrogens is 1. The number of nitrogens with zero attached hydrogens (tertiary/aromatic N) is 1. The van der Waals surface area contributed by atoms with Gasteiger partial charge in [-0.05, 0) is 59.3 Å². The molecule has 0 aliphatic rings. The van der Waals surface area contributed by atoms with E-state index in [1.165, 1.54) is 29.0 Å². The minimum Gasteiger partial charge on any atom is -0.354 e. The maximum absolute atomic E-state index is 14.1. The fourth-order valence-corrected chi connectivity index (χ4v) is 4.54. The van der Waals surface area contributed by atoms with Gasteiger partial charge < -0.3 is 4.98 Å². The van der Waals surface area contributed by atoms with Crippen LogP contribution in [0.4, 0.5) is 4.39 Å². The van der Waals surface area contributed by atoms with Gasteiger partial charge in [-0.25, -0.2) is 4.39 Å². The molecular formula is C26H17FN2S. The van der Waals surface area contributed by atoms with E-state index in [0.29, 0.717) is 4.88 Å². The number of H-pyrrole nitrogens is 1. The summed E-state index contributed by atoms with van der Waals surface area (Å²) in [6.07, 6.45) is 0. The first kappa shape index (κ1) is 18.4. The van der Waals surface area contributed by atoms with Gasteiger partial charge in [-0.2, -0.15) is 5.26 Å². The van der Waals surface area contributed by atoms with Crippen molar-refractivity contribution in [2.24, 2.45) is 0 Å². The van der Waals surface area contributed by atoms with Crippen LogP contribution in [-0.4, -0.2) is 4.98 Å². The van der Waals surface area contributed by atoms with Crippen molar-refractivity contribution >= 4 is 22.2 Å². The molecule has 30 heavy (non-hydrogen) atoms. The molecule has 0 saturated heterocycles. The van der Waals surface area contributed by atoms with Crippen molar-refractivity contribution in [3.05, 3.63) is 94.4 Å². The Morgan fingerprint density at radius 3 is 2.50 bits per heavy atom. The van der Waals surface area contributed by atoms with E-state index in [1.54, 1.807) is 6.07 Å². The highest BCUT2D eigenvalue weighted by molar-refractivity contribution is 7.11. The fourth-order valence-electron chi connectivity index (χ4n) is 3.85. The molecule has 0 bridgehead atoms. The SMILES string of the molecule is Cc1ccc(-c2cccc(-c3[nH]c4ccc(F)cc4c3-c3ccsc3C#N)c2)cc1. The summed E-state index contributed by atoms with van der Waals surface area (Å²) < 4.78 is 14.1. The Balaban J connectivity index is 1.76. The van der Waals surface area contributed by atoms with E-state index in [9.17, 15) is 9.65 Å². The summed E-state index contributed by atoms with van der Waals surface area (Å²) in [5, 5.41) is 12.3. The number of nitrogens with one attached hydrogen (secondary N) is 1. The van der Waals surface area contributed by atoms with Gasteiger partial charge in [-0.3, -0.25) is 0 Å². The Kier molecular flexibility index (Phi) is 4.46. The zero-order valence-electron chi connectivity index (χ0n) is 16.2. The number of nitriles is 1. The summed E-state index contributed by atoms with van der Waals surface area (Å²) in [5.41, 5.74) is 7.88. The van der Waals surface area contributed by atoms with Gasteiger partial charge in [0.2, 0.25) is 0 Å². The minimum atomic E-state index is -0.295. The quantitative estimate of drug-likeness (QED) is 0.329. The van der Waals surface area contributed by atoms with Crippen LogP contribution >= 0.6 is 11.3 Å². The van der Waals surface area contributed by atoms with E-state index in [2.05, 4.69) is 54.4 Å². The van der Waals surface area contributed by atoms with E-state index < -0.39 is 0 Å². The zero-order valence-corrected chi connectivity index (χ0v) is 17.1. The number of halogens is 1. The summed E-state index contributed by atoms with van der Waals surface area (Å²) in [4.78, 5) is 4.09. The second kappa shape index (κ2) is 7.29. The van der Waals surface area contributed by atoms with E-state index in [4.69, 9.17) is 0 Å². The highest BCUT2D eigenvalue weighted by Crippen LogP contribution is 2.42. The fraction of sp³-hybridized carbons (Fsp3) is 0.0385. The van der Waals surface area contributed by atoms with Crippen LogP contribution in [0, 0.1) is 24.1 Å². The molecule has 0 spiro atoms. The molecule has 5 aromatic rings. The number of aryl methyl sites for hydroxylation is 1. The molecule has 0 radical (unpaired) electrons. The number of hydrogen-bond donors (Lipinski definition) is 1. The van der Waals surface area contributed by atoms with Crippen LogP contribution in [0.2, 0.25) is 0 Å². The normalized spacial score (nSPS) is 11.0. The maximum atomic E-state index is 14.1. The molecule has 0 atom stereocenters. The molecule has 144 valence electrons. The highest BCUT2D eigenvalue weighted by Gasteiger charge is 2.19. The molecule has 0 fully saturated rings. The van der Waals surface area contributed by atoms with Gasteiger partial charge in [-0.15, -0.1) is 11.3 Å². The molecule has 2 nitrogen and oxygen atoms in total. The predicted molar refractivity (Wildman–Crippen MR) is 122 cm³/mol. The smallest absolute Gasteiger partial charge is 0.123 e. The average molecular weight is 409 g/mol. The molecule has 2 aromatic heterocycles. The molecule has 1 N–H and O–H groups in total. The third-order valence-electron chi connectivity index (χ3n) is 5.33. The van der Waals surface area contributed by atoms with E-state index in [0.717, 1.165) is 44.4 Å². The van der Waals surface area contributed by atoms with Crippen LogP contribution in [0.15, 0.2) is 78.2 Å². The van der Waals surface area contributed by atoms with Crippen molar-refractivity contribution < 1.29 is 4.39 Å². The molecule has 5 rings (SSSR count). The molecule has 4 heteroatoms. The van der Waals surface area contributed by atoms with Crippen LogP contribution in [0.25, 0.3) is 44.4 Å². The van der Waals surface area contributed by atoms with Crippen molar-refractivity contribution in [2.75, 3.05) is 0 Å². The largest absolute Gasteiger partial charge is 0.354 e. The Bertz CT molecular complexity index is 1420. The molecule has 0 aliphatic heterocycles. The van der Waals surface area contributed by atoms with Gasteiger partial charge >= 0.3 is 0 Å². The first-order chi connectivity index (χ1) is 14.6. The van der Waals surface area contributed by atoms with Crippen molar-refractivity contribution in [3.8, 4) is 39.6 Å². The summed E-state index contributed by atoms with van der Waals surface area (Å²) in [6.45, 7) is 2.07. The van der Waals surface area contributed by atoms with Gasteiger partial charge in [0.25, 0.3) is 0 Å². The Morgan fingerprint density at radius 1 is 0.900 bits per heavy atom. The van der Waals surface area contributed by atoms with Crippen molar-refractivity contribution in [1.82, 2.24) is 4.98 Å². The molecular weight excluding hydrogens is 391 g/mol. The van der Waals surface area contributed by atoms with E-state index >= 15 is 0 Å². The van der Waals surface area contributed by atoms with Gasteiger partial charge in [0.1, 0.15) is 16.8 Å². The lowest BCUT2D eigenvalue weighted by atomic mass is 9.96. The van der Waals surface area contributed by atoms with Crippen LogP contribution in [0.3, 0.4) is 0 Å². The number of thiophene rings is 1. The topological polar surface area (TPSA) is 39.6 Å². The van der Waals surface area contributed by atoms with E-state index in [-0.39, 0.29) is 5.82 Å². The second-order valence-corrected chi connectivity index (χ2v) is 8.20. The minimum absolute atomic E-state index is 0.295. The Hall–Kier alpha value is -3.68. The molecule has 0 saturated carbocycles. The van der Waals surface area contributed by atoms with Crippen LogP contribution in [0.1, 0.15) is 10.4 Å². The summed E-state index contributed by atoms with van der Waals surface area (Å²) in [5.74, 6) is -0.295. The number of rotatable bonds is 3. The lowest BCUT2D eigenvalue weighted by Gasteiger charge is -2.08. The van der Waals surface area contributed by atoms with Gasteiger partial charge in [-0.1, -0.05) is 48.0 Å². The Labute approximate surface area is 177 Å². The Morgan fingerprint density at radius 2 is 1.70 bits per heavy atom. The van der Waals surface area contributed by atoms with Crippen LogP contribution < -0.4 is 0 Å². The molecule has 3 aromatic carbocycles. The molecule has 0 aliphatic carbocycles. The average Bonchev–Trinajstić information content (AvgIpc) is 3.38. The maximum Gasteiger partial charge on any atom is 0.123 e. The lowest BCUT2D eigenvalue weighted by molar-refractivity contribution is 0.630. The van der Waals surface area contributed by atoms with Gasteiger partial charge in [0.15, 0.2) is 0 Å². The summed E-state index contributed by atoms with van der Waals surface area (Å²) in [7, 11) is 0. The summed E-state index contributed by atoms with van der Waals surface area (Å²) in [6, 6.07) is 25.7. The van der Waals surface area contributed by atoms with Crippen molar-refractivity contribution in [1.29, 1.82) is 5.26 Å². The van der Waals surface area contributed by atoms with Gasteiger partial charge in [0.05, 0.1) is 5.69 Å². The molecule has 0 unspecified atom stereocenters. The van der Waals surface area contributed by atoms with E-state index in [1.807, 2.05) is 23.6 Å². The zero-order chi connectivity index (χ0) is 20.7. The first-order valence-corrected chi connectivity index (χ1v) is 10.5. The number of hydrogen-bond acceptors (Lipinski definition) is 2. The predicted octanol–water partition coefficient (Wildman–Crippen LogP) is 7.55. The van der Waals surface area contributed by atoms with Crippen molar-refractivity contribution in [3.63, 3.8) is 0 Å². The number of benzene rings is 3. The van der Waals surface area contributed by atoms with Crippen molar-refractivity contribution in [2.45, 2.75) is 6.92 Å². The van der Waals surface area contributed by atoms with Crippen LogP contribution in [-0.2, 0) is 0 Å². The highest BCUT2D eigenvalue weighted by atomic mass is 32.1. The third-order valence-corrected chi connectivity index (χ3v) is 6.15.